The fraction of sp³-hybridized carbons (Fsp3) is 0.389. The number of benzene rings is 1. The van der Waals surface area contributed by atoms with E-state index in [1.54, 1.807) is 0 Å². The van der Waals surface area contributed by atoms with Crippen LogP contribution in [-0.4, -0.2) is 18.1 Å². The molecule has 0 bridgehead atoms. The van der Waals surface area contributed by atoms with Crippen molar-refractivity contribution in [3.63, 3.8) is 0 Å². The second kappa shape index (κ2) is 5.66. The van der Waals surface area contributed by atoms with Crippen LogP contribution < -0.4 is 4.90 Å². The summed E-state index contributed by atoms with van der Waals surface area (Å²) in [5, 5.41) is 0. The van der Waals surface area contributed by atoms with Crippen LogP contribution in [0.25, 0.3) is 11.1 Å². The maximum Gasteiger partial charge on any atom is 0.128 e. The van der Waals surface area contributed by atoms with E-state index in [4.69, 9.17) is 0 Å². The first-order chi connectivity index (χ1) is 9.74. The molecule has 0 atom stereocenters. The number of hydrogen-bond acceptors (Lipinski definition) is 2. The van der Waals surface area contributed by atoms with E-state index >= 15 is 0 Å². The zero-order chi connectivity index (χ0) is 13.9. The number of anilines is 1. The van der Waals surface area contributed by atoms with Crippen LogP contribution in [-0.2, 0) is 0 Å². The Kier molecular flexibility index (Phi) is 3.72. The van der Waals surface area contributed by atoms with Gasteiger partial charge in [0.05, 0.1) is 0 Å². The second-order valence-electron chi connectivity index (χ2n) is 5.88. The molecule has 20 heavy (non-hydrogen) atoms. The van der Waals surface area contributed by atoms with Crippen molar-refractivity contribution < 1.29 is 0 Å². The van der Waals surface area contributed by atoms with Crippen molar-refractivity contribution in [2.24, 2.45) is 0 Å². The van der Waals surface area contributed by atoms with Gasteiger partial charge in [0.25, 0.3) is 0 Å². The molecule has 2 heteroatoms. The molecule has 1 aromatic heterocycles. The van der Waals surface area contributed by atoms with Gasteiger partial charge in [0, 0.05) is 24.8 Å². The summed E-state index contributed by atoms with van der Waals surface area (Å²) in [7, 11) is 0. The largest absolute Gasteiger partial charge is 0.357 e. The minimum absolute atomic E-state index is 0.562. The third-order valence-electron chi connectivity index (χ3n) is 4.06. The predicted molar refractivity (Wildman–Crippen MR) is 85.2 cm³/mol. The number of hydrogen-bond donors (Lipinski definition) is 0. The van der Waals surface area contributed by atoms with Crippen LogP contribution >= 0.6 is 0 Å². The molecule has 1 aliphatic rings. The summed E-state index contributed by atoms with van der Waals surface area (Å²) in [5.41, 5.74) is 3.85. The van der Waals surface area contributed by atoms with Crippen LogP contribution in [0.1, 0.15) is 38.2 Å². The van der Waals surface area contributed by atoms with Gasteiger partial charge >= 0.3 is 0 Å². The van der Waals surface area contributed by atoms with E-state index in [2.05, 4.69) is 60.1 Å². The lowest BCUT2D eigenvalue weighted by atomic mass is 9.98. The Labute approximate surface area is 121 Å². The van der Waals surface area contributed by atoms with Gasteiger partial charge in [-0.3, -0.25) is 0 Å². The minimum Gasteiger partial charge on any atom is -0.357 e. The highest BCUT2D eigenvalue weighted by Crippen LogP contribution is 2.25. The predicted octanol–water partition coefficient (Wildman–Crippen LogP) is 4.47. The molecule has 1 saturated heterocycles. The average molecular weight is 266 g/mol. The van der Waals surface area contributed by atoms with Gasteiger partial charge in [-0.2, -0.15) is 0 Å². The third kappa shape index (κ3) is 2.69. The molecule has 0 amide bonds. The van der Waals surface area contributed by atoms with Crippen LogP contribution in [0.5, 0.6) is 0 Å². The molecule has 104 valence electrons. The highest BCUT2D eigenvalue weighted by molar-refractivity contribution is 5.64. The molecule has 2 heterocycles. The molecule has 2 nitrogen and oxygen atoms in total. The van der Waals surface area contributed by atoms with Crippen molar-refractivity contribution in [3.05, 3.63) is 48.2 Å². The van der Waals surface area contributed by atoms with Crippen LogP contribution in [0.3, 0.4) is 0 Å². The number of aromatic nitrogens is 1. The summed E-state index contributed by atoms with van der Waals surface area (Å²) in [5.74, 6) is 1.68. The van der Waals surface area contributed by atoms with Crippen molar-refractivity contribution in [3.8, 4) is 11.1 Å². The minimum atomic E-state index is 0.562. The van der Waals surface area contributed by atoms with E-state index in [1.165, 1.54) is 29.5 Å². The molecule has 0 unspecified atom stereocenters. The number of nitrogens with zero attached hydrogens (tertiary/aromatic N) is 2. The first-order valence-corrected chi connectivity index (χ1v) is 7.55. The normalized spacial score (nSPS) is 15.1. The molecule has 2 aromatic rings. The molecule has 3 rings (SSSR count). The van der Waals surface area contributed by atoms with Crippen molar-refractivity contribution in [2.75, 3.05) is 18.0 Å². The van der Waals surface area contributed by atoms with E-state index in [-0.39, 0.29) is 0 Å². The van der Waals surface area contributed by atoms with Gasteiger partial charge < -0.3 is 4.90 Å². The van der Waals surface area contributed by atoms with Crippen LogP contribution in [0.4, 0.5) is 5.82 Å². The van der Waals surface area contributed by atoms with E-state index in [9.17, 15) is 0 Å². The lowest BCUT2D eigenvalue weighted by molar-refractivity contribution is 0.867. The van der Waals surface area contributed by atoms with Gasteiger partial charge in [-0.05, 0) is 42.0 Å². The molecular weight excluding hydrogens is 244 g/mol. The van der Waals surface area contributed by atoms with Crippen molar-refractivity contribution in [1.82, 2.24) is 4.98 Å². The topological polar surface area (TPSA) is 16.1 Å². The molecular formula is C18H22N2. The smallest absolute Gasteiger partial charge is 0.128 e. The maximum absolute atomic E-state index is 4.64. The fourth-order valence-corrected chi connectivity index (χ4v) is 2.77. The molecule has 0 spiro atoms. The van der Waals surface area contributed by atoms with Gasteiger partial charge in [0.15, 0.2) is 0 Å². The van der Waals surface area contributed by atoms with Gasteiger partial charge in [0.1, 0.15) is 5.82 Å². The first-order valence-electron chi connectivity index (χ1n) is 7.55. The summed E-state index contributed by atoms with van der Waals surface area (Å²) in [6.07, 6.45) is 4.59. The summed E-state index contributed by atoms with van der Waals surface area (Å²) < 4.78 is 0. The highest BCUT2D eigenvalue weighted by Gasteiger charge is 2.13. The molecule has 0 radical (unpaired) electrons. The van der Waals surface area contributed by atoms with Gasteiger partial charge in [-0.15, -0.1) is 0 Å². The SMILES string of the molecule is CC(C)c1cccc(-c2ccc(N3CCCC3)nc2)c1. The van der Waals surface area contributed by atoms with Crippen molar-refractivity contribution >= 4 is 5.82 Å². The molecule has 0 saturated carbocycles. The Morgan fingerprint density at radius 1 is 1.00 bits per heavy atom. The van der Waals surface area contributed by atoms with Gasteiger partial charge in [-0.1, -0.05) is 38.1 Å². The summed E-state index contributed by atoms with van der Waals surface area (Å²) in [6, 6.07) is 13.1. The molecule has 1 aliphatic heterocycles. The van der Waals surface area contributed by atoms with Crippen LogP contribution in [0.15, 0.2) is 42.6 Å². The van der Waals surface area contributed by atoms with Crippen molar-refractivity contribution in [2.45, 2.75) is 32.6 Å². The molecule has 0 aliphatic carbocycles. The quantitative estimate of drug-likeness (QED) is 0.814. The Morgan fingerprint density at radius 2 is 1.80 bits per heavy atom. The molecule has 0 N–H and O–H groups in total. The van der Waals surface area contributed by atoms with Gasteiger partial charge in [-0.25, -0.2) is 4.98 Å². The van der Waals surface area contributed by atoms with E-state index in [1.807, 2.05) is 6.20 Å². The summed E-state index contributed by atoms with van der Waals surface area (Å²) >= 11 is 0. The zero-order valence-electron chi connectivity index (χ0n) is 12.3. The van der Waals surface area contributed by atoms with E-state index in [0.717, 1.165) is 18.9 Å². The average Bonchev–Trinajstić information content (AvgIpc) is 3.02. The number of pyridine rings is 1. The standard InChI is InChI=1S/C18H22N2/c1-14(2)15-6-5-7-16(12-15)17-8-9-18(19-13-17)20-10-3-4-11-20/h5-9,12-14H,3-4,10-11H2,1-2H3. The lowest BCUT2D eigenvalue weighted by Crippen LogP contribution is -2.18. The third-order valence-corrected chi connectivity index (χ3v) is 4.06. The van der Waals surface area contributed by atoms with Gasteiger partial charge in [0.2, 0.25) is 0 Å². The van der Waals surface area contributed by atoms with E-state index < -0.39 is 0 Å². The second-order valence-corrected chi connectivity index (χ2v) is 5.88. The monoisotopic (exact) mass is 266 g/mol. The molecule has 1 fully saturated rings. The molecule has 1 aromatic carbocycles. The number of rotatable bonds is 3. The van der Waals surface area contributed by atoms with Crippen LogP contribution in [0, 0.1) is 0 Å². The summed E-state index contributed by atoms with van der Waals surface area (Å²) in [4.78, 5) is 7.01. The summed E-state index contributed by atoms with van der Waals surface area (Å²) in [6.45, 7) is 6.76. The highest BCUT2D eigenvalue weighted by atomic mass is 15.2. The Balaban J connectivity index is 1.85. The maximum atomic E-state index is 4.64. The Bertz CT molecular complexity index is 566. The Hall–Kier alpha value is -1.83. The zero-order valence-corrected chi connectivity index (χ0v) is 12.3. The van der Waals surface area contributed by atoms with Crippen LogP contribution in [0.2, 0.25) is 0 Å². The fourth-order valence-electron chi connectivity index (χ4n) is 2.77. The van der Waals surface area contributed by atoms with Crippen molar-refractivity contribution in [1.29, 1.82) is 0 Å². The Morgan fingerprint density at radius 3 is 2.45 bits per heavy atom. The van der Waals surface area contributed by atoms with E-state index in [0.29, 0.717) is 5.92 Å². The first kappa shape index (κ1) is 13.2. The lowest BCUT2D eigenvalue weighted by Gasteiger charge is -2.16.